The van der Waals surface area contributed by atoms with Crippen LogP contribution in [0.5, 0.6) is 23.0 Å². The van der Waals surface area contributed by atoms with Crippen LogP contribution in [0.3, 0.4) is 0 Å². The topological polar surface area (TPSA) is 82.4 Å². The van der Waals surface area contributed by atoms with Crippen molar-refractivity contribution < 1.29 is 32.5 Å². The molecule has 1 N–H and O–H groups in total. The molecule has 9 heteroatoms. The first-order valence-corrected chi connectivity index (χ1v) is 12.4. The van der Waals surface area contributed by atoms with Gasteiger partial charge in [-0.2, -0.15) is 0 Å². The van der Waals surface area contributed by atoms with Crippen molar-refractivity contribution in [3.05, 3.63) is 107 Å². The van der Waals surface area contributed by atoms with Gasteiger partial charge in [0.25, 0.3) is 5.91 Å². The number of rotatable bonds is 11. The highest BCUT2D eigenvalue weighted by Gasteiger charge is 2.18. The third-order valence-electron chi connectivity index (χ3n) is 6.33. The van der Waals surface area contributed by atoms with E-state index in [1.165, 1.54) is 12.1 Å². The van der Waals surface area contributed by atoms with Crippen molar-refractivity contribution in [3.63, 3.8) is 0 Å². The highest BCUT2D eigenvalue weighted by atomic mass is 19.1. The summed E-state index contributed by atoms with van der Waals surface area (Å²) in [6, 6.07) is 21.1. The fourth-order valence-corrected chi connectivity index (χ4v) is 4.38. The lowest BCUT2D eigenvalue weighted by atomic mass is 10.1. The second-order valence-electron chi connectivity index (χ2n) is 9.10. The Morgan fingerprint density at radius 3 is 2.28 bits per heavy atom. The Kier molecular flexibility index (Phi) is 7.98. The average molecular weight is 533 g/mol. The van der Waals surface area contributed by atoms with Crippen molar-refractivity contribution in [1.29, 1.82) is 0 Å². The molecule has 2 heterocycles. The van der Waals surface area contributed by atoms with E-state index in [2.05, 4.69) is 10.2 Å². The van der Waals surface area contributed by atoms with Gasteiger partial charge in [-0.3, -0.25) is 9.69 Å². The van der Waals surface area contributed by atoms with E-state index >= 15 is 0 Å². The fraction of sp³-hybridized carbons (Fsp3) is 0.233. The lowest BCUT2D eigenvalue weighted by Gasteiger charge is -2.22. The fourth-order valence-electron chi connectivity index (χ4n) is 4.38. The van der Waals surface area contributed by atoms with Crippen LogP contribution in [0.25, 0.3) is 0 Å². The number of nitrogens with zero attached hydrogens (tertiary/aromatic N) is 1. The summed E-state index contributed by atoms with van der Waals surface area (Å²) >= 11 is 0. The minimum atomic E-state index is -0.340. The molecule has 0 radical (unpaired) electrons. The van der Waals surface area contributed by atoms with E-state index in [9.17, 15) is 9.18 Å². The number of benzene rings is 3. The van der Waals surface area contributed by atoms with Crippen LogP contribution >= 0.6 is 0 Å². The van der Waals surface area contributed by atoms with Crippen LogP contribution in [0.15, 0.2) is 77.2 Å². The molecule has 0 unspecified atom stereocenters. The van der Waals surface area contributed by atoms with Crippen LogP contribution in [-0.4, -0.2) is 31.8 Å². The largest absolute Gasteiger partial charge is 0.493 e. The molecule has 3 aromatic carbocycles. The predicted octanol–water partition coefficient (Wildman–Crippen LogP) is 5.30. The molecule has 202 valence electrons. The van der Waals surface area contributed by atoms with E-state index in [-0.39, 0.29) is 30.8 Å². The monoisotopic (exact) mass is 532 g/mol. The SMILES string of the molecule is COc1ccc(CN(Cc2ccc3c(c2)OCO3)Cc2ccc(C(=O)NCc3ccc(F)cc3)o2)cc1OC. The summed E-state index contributed by atoms with van der Waals surface area (Å²) in [5.41, 5.74) is 2.86. The van der Waals surface area contributed by atoms with E-state index in [1.54, 1.807) is 38.5 Å². The highest BCUT2D eigenvalue weighted by molar-refractivity contribution is 5.91. The zero-order valence-electron chi connectivity index (χ0n) is 21.7. The Bertz CT molecular complexity index is 1440. The zero-order chi connectivity index (χ0) is 27.2. The molecule has 1 aromatic heterocycles. The van der Waals surface area contributed by atoms with Crippen LogP contribution in [0, 0.1) is 5.82 Å². The van der Waals surface area contributed by atoms with Gasteiger partial charge in [-0.1, -0.05) is 24.3 Å². The van der Waals surface area contributed by atoms with Crippen molar-refractivity contribution in [2.24, 2.45) is 0 Å². The van der Waals surface area contributed by atoms with Crippen LogP contribution < -0.4 is 24.3 Å². The molecule has 1 aliphatic heterocycles. The minimum absolute atomic E-state index is 0.209. The number of fused-ring (bicyclic) bond motifs is 1. The minimum Gasteiger partial charge on any atom is -0.493 e. The van der Waals surface area contributed by atoms with Gasteiger partial charge in [-0.05, 0) is 65.2 Å². The maximum absolute atomic E-state index is 13.1. The zero-order valence-corrected chi connectivity index (χ0v) is 21.7. The van der Waals surface area contributed by atoms with Gasteiger partial charge in [0.05, 0.1) is 20.8 Å². The number of nitrogens with one attached hydrogen (secondary N) is 1. The Hall–Kier alpha value is -4.50. The van der Waals surface area contributed by atoms with E-state index in [0.717, 1.165) is 28.2 Å². The Balaban J connectivity index is 1.30. The molecule has 1 aliphatic rings. The summed E-state index contributed by atoms with van der Waals surface area (Å²) in [5, 5.41) is 2.81. The first-order chi connectivity index (χ1) is 19.0. The number of hydrogen-bond acceptors (Lipinski definition) is 7. The number of carbonyl (C=O) groups is 1. The molecule has 8 nitrogen and oxygen atoms in total. The lowest BCUT2D eigenvalue weighted by molar-refractivity contribution is 0.0918. The number of hydrogen-bond donors (Lipinski definition) is 1. The second kappa shape index (κ2) is 11.9. The first-order valence-electron chi connectivity index (χ1n) is 12.4. The van der Waals surface area contributed by atoms with Gasteiger partial charge >= 0.3 is 0 Å². The third kappa shape index (κ3) is 6.50. The Morgan fingerprint density at radius 2 is 1.51 bits per heavy atom. The number of ether oxygens (including phenoxy) is 4. The van der Waals surface area contributed by atoms with Crippen molar-refractivity contribution in [1.82, 2.24) is 10.2 Å². The molecule has 0 atom stereocenters. The number of halogens is 1. The van der Waals surface area contributed by atoms with Gasteiger partial charge in [0.2, 0.25) is 6.79 Å². The summed E-state index contributed by atoms with van der Waals surface area (Å²) < 4.78 is 40.9. The van der Waals surface area contributed by atoms with Gasteiger partial charge in [0.15, 0.2) is 28.8 Å². The van der Waals surface area contributed by atoms with Crippen molar-refractivity contribution in [2.75, 3.05) is 21.0 Å². The van der Waals surface area contributed by atoms with Gasteiger partial charge in [-0.15, -0.1) is 0 Å². The molecule has 1 amide bonds. The van der Waals surface area contributed by atoms with Crippen molar-refractivity contribution >= 4 is 5.91 Å². The molecule has 0 fully saturated rings. The van der Waals surface area contributed by atoms with Crippen molar-refractivity contribution in [3.8, 4) is 23.0 Å². The molecule has 0 spiro atoms. The molecule has 5 rings (SSSR count). The molecule has 39 heavy (non-hydrogen) atoms. The summed E-state index contributed by atoms with van der Waals surface area (Å²) in [6.07, 6.45) is 0. The molecule has 0 aliphatic carbocycles. The maximum Gasteiger partial charge on any atom is 0.287 e. The van der Waals surface area contributed by atoms with Crippen LogP contribution in [0.1, 0.15) is 33.0 Å². The first kappa shape index (κ1) is 26.1. The number of furan rings is 1. The highest BCUT2D eigenvalue weighted by Crippen LogP contribution is 2.33. The molecular weight excluding hydrogens is 503 g/mol. The molecule has 0 saturated carbocycles. The van der Waals surface area contributed by atoms with E-state index in [0.29, 0.717) is 36.9 Å². The average Bonchev–Trinajstić information content (AvgIpc) is 3.62. The number of methoxy groups -OCH3 is 2. The van der Waals surface area contributed by atoms with Crippen LogP contribution in [-0.2, 0) is 26.2 Å². The Morgan fingerprint density at radius 1 is 0.821 bits per heavy atom. The lowest BCUT2D eigenvalue weighted by Crippen LogP contribution is -2.23. The number of amides is 1. The van der Waals surface area contributed by atoms with E-state index in [1.807, 2.05) is 36.4 Å². The second-order valence-corrected chi connectivity index (χ2v) is 9.10. The summed E-state index contributed by atoms with van der Waals surface area (Å²) in [5.74, 6) is 2.95. The number of carbonyl (C=O) groups excluding carboxylic acids is 1. The van der Waals surface area contributed by atoms with Gasteiger partial charge in [0.1, 0.15) is 11.6 Å². The predicted molar refractivity (Wildman–Crippen MR) is 141 cm³/mol. The summed E-state index contributed by atoms with van der Waals surface area (Å²) in [7, 11) is 3.21. The van der Waals surface area contributed by atoms with Gasteiger partial charge in [-0.25, -0.2) is 4.39 Å². The van der Waals surface area contributed by atoms with E-state index < -0.39 is 0 Å². The van der Waals surface area contributed by atoms with Crippen LogP contribution in [0.2, 0.25) is 0 Å². The quantitative estimate of drug-likeness (QED) is 0.281. The van der Waals surface area contributed by atoms with Gasteiger partial charge in [0, 0.05) is 19.6 Å². The molecule has 0 saturated heterocycles. The molecule has 4 aromatic rings. The normalized spacial score (nSPS) is 12.0. The third-order valence-corrected chi connectivity index (χ3v) is 6.33. The summed E-state index contributed by atoms with van der Waals surface area (Å²) in [6.45, 7) is 2.12. The van der Waals surface area contributed by atoms with Gasteiger partial charge < -0.3 is 28.7 Å². The maximum atomic E-state index is 13.1. The molecular formula is C30H29FN2O6. The smallest absolute Gasteiger partial charge is 0.287 e. The van der Waals surface area contributed by atoms with E-state index in [4.69, 9.17) is 23.4 Å². The van der Waals surface area contributed by atoms with Crippen molar-refractivity contribution in [2.45, 2.75) is 26.2 Å². The summed E-state index contributed by atoms with van der Waals surface area (Å²) in [4.78, 5) is 14.9. The Labute approximate surface area is 225 Å². The molecule has 0 bridgehead atoms. The van der Waals surface area contributed by atoms with Crippen LogP contribution in [0.4, 0.5) is 4.39 Å². The standard InChI is InChI=1S/C30H29FN2O6/c1-35-25-10-5-21(13-28(25)36-2)16-33(17-22-6-11-26-29(14-22)38-19-37-26)18-24-9-12-27(39-24)30(34)32-15-20-3-7-23(31)8-4-20/h3-14H,15-19H2,1-2H3,(H,32,34).